The molecule has 2 aromatic rings. The molecule has 3 heterocycles. The van der Waals surface area contributed by atoms with Crippen LogP contribution in [0, 0.1) is 11.6 Å². The Hall–Kier alpha value is -2.45. The van der Waals surface area contributed by atoms with Crippen molar-refractivity contribution in [1.82, 2.24) is 19.2 Å². The fourth-order valence-corrected chi connectivity index (χ4v) is 6.09. The number of β-amino-alcohol motifs (C(OH)–C–C–N with tert-alkyl or cyclic N) is 1. The first-order valence-electron chi connectivity index (χ1n) is 11.2. The van der Waals surface area contributed by atoms with Gasteiger partial charge < -0.3 is 24.5 Å². The number of aromatic nitrogens is 2. The predicted molar refractivity (Wildman–Crippen MR) is 118 cm³/mol. The molecule has 0 spiro atoms. The Kier molecular flexibility index (Phi) is 7.81. The lowest BCUT2D eigenvalue weighted by Crippen LogP contribution is -2.57. The van der Waals surface area contributed by atoms with Gasteiger partial charge in [-0.15, -0.1) is 0 Å². The van der Waals surface area contributed by atoms with Crippen molar-refractivity contribution in [3.05, 3.63) is 47.9 Å². The van der Waals surface area contributed by atoms with Gasteiger partial charge in [-0.1, -0.05) is 0 Å². The number of nitrogens with zero attached hydrogens (tertiary/aromatic N) is 3. The van der Waals surface area contributed by atoms with Gasteiger partial charge in [0.05, 0.1) is 50.3 Å². The number of carbonyl (C=O) groups is 1. The Bertz CT molecular complexity index is 1140. The molecule has 192 valence electrons. The van der Waals surface area contributed by atoms with E-state index >= 15 is 0 Å². The highest BCUT2D eigenvalue weighted by molar-refractivity contribution is 7.89. The third kappa shape index (κ3) is 6.22. The van der Waals surface area contributed by atoms with Crippen LogP contribution in [-0.2, 0) is 37.9 Å². The average molecular weight is 515 g/mol. The van der Waals surface area contributed by atoms with Crippen LogP contribution in [0.2, 0.25) is 0 Å². The lowest BCUT2D eigenvalue weighted by molar-refractivity contribution is -0.146. The van der Waals surface area contributed by atoms with Crippen LogP contribution in [0.5, 0.6) is 0 Å². The first-order chi connectivity index (χ1) is 16.6. The molecule has 13 heteroatoms. The number of amides is 1. The number of ether oxygens (including phenoxy) is 2. The normalized spacial score (nSPS) is 25.9. The molecule has 35 heavy (non-hydrogen) atoms. The highest BCUT2D eigenvalue weighted by Gasteiger charge is 2.43. The molecule has 1 aromatic heterocycles. The van der Waals surface area contributed by atoms with Gasteiger partial charge in [0, 0.05) is 32.4 Å². The summed E-state index contributed by atoms with van der Waals surface area (Å²) in [6.45, 7) is -0.213. The second-order valence-corrected chi connectivity index (χ2v) is 10.7. The number of aliphatic hydroxyl groups excluding tert-OH is 1. The molecular weight excluding hydrogens is 486 g/mol. The highest BCUT2D eigenvalue weighted by Crippen LogP contribution is 2.31. The van der Waals surface area contributed by atoms with Gasteiger partial charge in [0.15, 0.2) is 5.03 Å². The van der Waals surface area contributed by atoms with E-state index in [2.05, 4.69) is 10.3 Å². The average Bonchev–Trinajstić information content (AvgIpc) is 3.22. The van der Waals surface area contributed by atoms with Crippen LogP contribution in [0.1, 0.15) is 24.8 Å². The van der Waals surface area contributed by atoms with Crippen molar-refractivity contribution >= 4 is 15.9 Å². The molecular formula is C22H28F2N4O6S. The Balaban J connectivity index is 1.41. The summed E-state index contributed by atoms with van der Waals surface area (Å²) in [5.41, 5.74) is 0.294. The van der Waals surface area contributed by atoms with Crippen LogP contribution in [0.4, 0.5) is 8.78 Å². The molecule has 2 saturated heterocycles. The van der Waals surface area contributed by atoms with E-state index < -0.39 is 46.0 Å². The summed E-state index contributed by atoms with van der Waals surface area (Å²) in [4.78, 5) is 16.4. The van der Waals surface area contributed by atoms with E-state index in [0.29, 0.717) is 18.4 Å². The van der Waals surface area contributed by atoms with Crippen molar-refractivity contribution in [3.8, 4) is 0 Å². The van der Waals surface area contributed by atoms with E-state index in [1.807, 2.05) is 0 Å². The maximum atomic E-state index is 13.3. The Morgan fingerprint density at radius 2 is 1.97 bits per heavy atom. The highest BCUT2D eigenvalue weighted by atomic mass is 32.2. The number of hydrogen-bond acceptors (Lipinski definition) is 7. The van der Waals surface area contributed by atoms with Gasteiger partial charge in [-0.25, -0.2) is 22.2 Å². The van der Waals surface area contributed by atoms with Gasteiger partial charge in [0.2, 0.25) is 5.91 Å². The quantitative estimate of drug-likeness (QED) is 0.582. The van der Waals surface area contributed by atoms with Crippen LogP contribution >= 0.6 is 0 Å². The minimum absolute atomic E-state index is 0.00334. The molecule has 2 aliphatic rings. The van der Waals surface area contributed by atoms with Crippen molar-refractivity contribution in [2.24, 2.45) is 7.05 Å². The second kappa shape index (κ2) is 10.7. The van der Waals surface area contributed by atoms with E-state index in [1.54, 1.807) is 7.05 Å². The number of nitrogens with one attached hydrogen (secondary N) is 1. The summed E-state index contributed by atoms with van der Waals surface area (Å²) in [7, 11) is -2.34. The third-order valence-corrected chi connectivity index (χ3v) is 7.79. The van der Waals surface area contributed by atoms with Crippen molar-refractivity contribution in [2.45, 2.75) is 55.2 Å². The molecule has 0 unspecified atom stereocenters. The molecule has 2 N–H and O–H groups in total. The molecule has 4 rings (SSSR count). The number of aryl methyl sites for hydroxylation is 1. The number of fused-ring (bicyclic) bond motifs is 1. The SMILES string of the molecule is Cn1cnc(S(=O)(=O)N2C[C@@H](O)COC[C@@H]3O[C@@H](CC(=O)NCc4cc(F)cc(F)c4)CC[C@H]32)c1. The number of aliphatic hydroxyl groups is 1. The number of carbonyl (C=O) groups excluding carboxylic acids is 1. The number of hydrogen-bond donors (Lipinski definition) is 2. The summed E-state index contributed by atoms with van der Waals surface area (Å²) in [5, 5.41) is 12.8. The zero-order valence-corrected chi connectivity index (χ0v) is 20.0. The monoisotopic (exact) mass is 514 g/mol. The van der Waals surface area contributed by atoms with Gasteiger partial charge in [-0.3, -0.25) is 4.79 Å². The minimum Gasteiger partial charge on any atom is -0.389 e. The Morgan fingerprint density at radius 1 is 1.23 bits per heavy atom. The molecule has 1 aromatic carbocycles. The molecule has 10 nitrogen and oxygen atoms in total. The standard InChI is InChI=1S/C22H28F2N4O6S/c1-27-10-22(26-13-27)35(31,32)28-9-17(29)11-33-12-20-19(28)3-2-18(34-20)7-21(30)25-8-14-4-15(23)6-16(24)5-14/h4-6,10,13,17-20,29H,2-3,7-9,11-12H2,1H3,(H,25,30)/t17-,18-,19-,20+/m1/s1. The molecule has 4 atom stereocenters. The second-order valence-electron chi connectivity index (χ2n) is 8.84. The lowest BCUT2D eigenvalue weighted by atomic mass is 9.96. The zero-order valence-electron chi connectivity index (χ0n) is 19.1. The van der Waals surface area contributed by atoms with Crippen LogP contribution in [0.15, 0.2) is 35.7 Å². The smallest absolute Gasteiger partial charge is 0.262 e. The van der Waals surface area contributed by atoms with Gasteiger partial charge in [-0.05, 0) is 30.5 Å². The number of rotatable bonds is 6. The fourth-order valence-electron chi connectivity index (χ4n) is 4.41. The van der Waals surface area contributed by atoms with E-state index in [0.717, 1.165) is 18.2 Å². The van der Waals surface area contributed by atoms with E-state index in [4.69, 9.17) is 9.47 Å². The Labute approximate surface area is 201 Å². The van der Waals surface area contributed by atoms with Crippen molar-refractivity contribution < 1.29 is 36.6 Å². The van der Waals surface area contributed by atoms with Crippen LogP contribution < -0.4 is 5.32 Å². The summed E-state index contributed by atoms with van der Waals surface area (Å²) in [6.07, 6.45) is 1.42. The predicted octanol–water partition coefficient (Wildman–Crippen LogP) is 0.703. The van der Waals surface area contributed by atoms with E-state index in [9.17, 15) is 27.1 Å². The summed E-state index contributed by atoms with van der Waals surface area (Å²) < 4.78 is 67.7. The molecule has 0 radical (unpaired) electrons. The summed E-state index contributed by atoms with van der Waals surface area (Å²) in [5.74, 6) is -1.82. The maximum Gasteiger partial charge on any atom is 0.262 e. The lowest BCUT2D eigenvalue weighted by Gasteiger charge is -2.43. The Morgan fingerprint density at radius 3 is 2.66 bits per heavy atom. The first-order valence-corrected chi connectivity index (χ1v) is 12.7. The minimum atomic E-state index is -4.01. The summed E-state index contributed by atoms with van der Waals surface area (Å²) in [6, 6.07) is 2.43. The van der Waals surface area contributed by atoms with E-state index in [-0.39, 0.29) is 43.7 Å². The van der Waals surface area contributed by atoms with Gasteiger partial charge in [-0.2, -0.15) is 4.31 Å². The molecule has 2 fully saturated rings. The topological polar surface area (TPSA) is 123 Å². The van der Waals surface area contributed by atoms with Crippen LogP contribution in [0.3, 0.4) is 0 Å². The maximum absolute atomic E-state index is 13.3. The molecule has 2 aliphatic heterocycles. The third-order valence-electron chi connectivity index (χ3n) is 6.01. The molecule has 0 aliphatic carbocycles. The number of benzene rings is 1. The molecule has 0 bridgehead atoms. The fraction of sp³-hybridized carbons (Fsp3) is 0.545. The zero-order chi connectivity index (χ0) is 25.2. The van der Waals surface area contributed by atoms with Crippen LogP contribution in [0.25, 0.3) is 0 Å². The first kappa shape index (κ1) is 25.6. The summed E-state index contributed by atoms with van der Waals surface area (Å²) >= 11 is 0. The van der Waals surface area contributed by atoms with Crippen molar-refractivity contribution in [1.29, 1.82) is 0 Å². The van der Waals surface area contributed by atoms with Gasteiger partial charge >= 0.3 is 0 Å². The van der Waals surface area contributed by atoms with Gasteiger partial charge in [0.25, 0.3) is 10.0 Å². The molecule has 0 saturated carbocycles. The number of sulfonamides is 1. The number of halogens is 2. The van der Waals surface area contributed by atoms with Gasteiger partial charge in [0.1, 0.15) is 11.6 Å². The van der Waals surface area contributed by atoms with Crippen molar-refractivity contribution in [2.75, 3.05) is 19.8 Å². The molecule has 1 amide bonds. The largest absolute Gasteiger partial charge is 0.389 e. The van der Waals surface area contributed by atoms with Crippen molar-refractivity contribution in [3.63, 3.8) is 0 Å². The van der Waals surface area contributed by atoms with Crippen LogP contribution in [-0.4, -0.2) is 77.4 Å². The number of imidazole rings is 1. The van der Waals surface area contributed by atoms with E-state index in [1.165, 1.54) is 21.4 Å².